The number of carbonyl (C=O) groups excluding carboxylic acids is 1. The molecule has 0 aliphatic heterocycles. The van der Waals surface area contributed by atoms with Crippen molar-refractivity contribution < 1.29 is 4.79 Å². The van der Waals surface area contributed by atoms with E-state index < -0.39 is 5.38 Å². The zero-order valence-corrected chi connectivity index (χ0v) is 13.4. The molecule has 3 unspecified atom stereocenters. The fourth-order valence-electron chi connectivity index (χ4n) is 3.28. The van der Waals surface area contributed by atoms with Gasteiger partial charge in [0.2, 0.25) is 0 Å². The SMILES string of the molecule is Cc1cc(C(=O)C(C)Cl)c(C)n1C1CC1c1ccccc1. The lowest BCUT2D eigenvalue weighted by atomic mass is 10.1. The number of aromatic nitrogens is 1. The van der Waals surface area contributed by atoms with Gasteiger partial charge in [-0.1, -0.05) is 30.3 Å². The molecule has 0 amide bonds. The Hall–Kier alpha value is -1.54. The summed E-state index contributed by atoms with van der Waals surface area (Å²) < 4.78 is 2.31. The van der Waals surface area contributed by atoms with Gasteiger partial charge in [0.05, 0.1) is 5.38 Å². The number of rotatable bonds is 4. The lowest BCUT2D eigenvalue weighted by molar-refractivity contribution is 0.0991. The van der Waals surface area contributed by atoms with Gasteiger partial charge in [-0.05, 0) is 38.8 Å². The molecular formula is C18H20ClNO. The Bertz CT molecular complexity index is 672. The molecule has 0 spiro atoms. The van der Waals surface area contributed by atoms with Crippen molar-refractivity contribution in [1.29, 1.82) is 0 Å². The van der Waals surface area contributed by atoms with Crippen molar-refractivity contribution in [3.63, 3.8) is 0 Å². The van der Waals surface area contributed by atoms with E-state index in [0.717, 1.165) is 23.4 Å². The van der Waals surface area contributed by atoms with Crippen molar-refractivity contribution in [3.05, 3.63) is 58.9 Å². The molecule has 1 fully saturated rings. The van der Waals surface area contributed by atoms with Gasteiger partial charge in [0.1, 0.15) is 0 Å². The molecule has 1 aromatic carbocycles. The lowest BCUT2D eigenvalue weighted by Gasteiger charge is -2.10. The fraction of sp³-hybridized carbons (Fsp3) is 0.389. The van der Waals surface area contributed by atoms with Crippen LogP contribution < -0.4 is 0 Å². The highest BCUT2D eigenvalue weighted by Gasteiger charge is 2.41. The van der Waals surface area contributed by atoms with Crippen LogP contribution in [0.5, 0.6) is 0 Å². The zero-order valence-electron chi connectivity index (χ0n) is 12.6. The smallest absolute Gasteiger partial charge is 0.182 e. The van der Waals surface area contributed by atoms with Crippen molar-refractivity contribution in [3.8, 4) is 0 Å². The summed E-state index contributed by atoms with van der Waals surface area (Å²) in [5, 5.41) is -0.469. The fourth-order valence-corrected chi connectivity index (χ4v) is 3.39. The summed E-state index contributed by atoms with van der Waals surface area (Å²) in [5.41, 5.74) is 4.35. The molecule has 1 aliphatic rings. The van der Waals surface area contributed by atoms with Crippen LogP contribution in [0.4, 0.5) is 0 Å². The summed E-state index contributed by atoms with van der Waals surface area (Å²) in [6.45, 7) is 5.84. The second-order valence-electron chi connectivity index (χ2n) is 5.96. The van der Waals surface area contributed by atoms with E-state index >= 15 is 0 Å². The van der Waals surface area contributed by atoms with Crippen LogP contribution in [0.15, 0.2) is 36.4 Å². The Balaban J connectivity index is 1.90. The Kier molecular flexibility index (Phi) is 3.66. The maximum atomic E-state index is 12.2. The van der Waals surface area contributed by atoms with Gasteiger partial charge in [-0.25, -0.2) is 0 Å². The van der Waals surface area contributed by atoms with E-state index in [0.29, 0.717) is 12.0 Å². The highest BCUT2D eigenvalue weighted by Crippen LogP contribution is 2.52. The summed E-state index contributed by atoms with van der Waals surface area (Å²) in [6, 6.07) is 13.0. The van der Waals surface area contributed by atoms with E-state index in [1.54, 1.807) is 6.92 Å². The standard InChI is InChI=1S/C18H20ClNO/c1-11-9-15(18(21)12(2)19)13(3)20(11)17-10-16(17)14-7-5-4-6-8-14/h4-9,12,16-17H,10H2,1-3H3. The van der Waals surface area contributed by atoms with E-state index in [2.05, 4.69) is 35.8 Å². The molecule has 110 valence electrons. The topological polar surface area (TPSA) is 22.0 Å². The average molecular weight is 302 g/mol. The van der Waals surface area contributed by atoms with E-state index in [1.807, 2.05) is 19.1 Å². The average Bonchev–Trinajstić information content (AvgIpc) is 3.19. The molecular weight excluding hydrogens is 282 g/mol. The van der Waals surface area contributed by atoms with Crippen molar-refractivity contribution >= 4 is 17.4 Å². The molecule has 0 saturated heterocycles. The number of aryl methyl sites for hydroxylation is 1. The quantitative estimate of drug-likeness (QED) is 0.595. The maximum Gasteiger partial charge on any atom is 0.182 e. The minimum absolute atomic E-state index is 0.0212. The number of Topliss-reactive ketones (excluding diaryl/α,β-unsaturated/α-hetero) is 1. The third kappa shape index (κ3) is 2.53. The van der Waals surface area contributed by atoms with Crippen LogP contribution in [-0.4, -0.2) is 15.7 Å². The Morgan fingerprint density at radius 2 is 1.95 bits per heavy atom. The molecule has 1 heterocycles. The molecule has 0 bridgehead atoms. The predicted molar refractivity (Wildman–Crippen MR) is 86.4 cm³/mol. The number of hydrogen-bond donors (Lipinski definition) is 0. The van der Waals surface area contributed by atoms with Crippen LogP contribution in [0, 0.1) is 13.8 Å². The minimum atomic E-state index is -0.469. The molecule has 3 heteroatoms. The lowest BCUT2D eigenvalue weighted by Crippen LogP contribution is -2.12. The molecule has 1 aliphatic carbocycles. The molecule has 2 aromatic rings. The number of hydrogen-bond acceptors (Lipinski definition) is 1. The molecule has 1 saturated carbocycles. The summed E-state index contributed by atoms with van der Waals surface area (Å²) in [7, 11) is 0. The van der Waals surface area contributed by atoms with Crippen LogP contribution in [0.3, 0.4) is 0 Å². The highest BCUT2D eigenvalue weighted by atomic mass is 35.5. The van der Waals surface area contributed by atoms with Gasteiger partial charge in [0, 0.05) is 28.9 Å². The number of ketones is 1. The third-order valence-corrected chi connectivity index (χ3v) is 4.63. The molecule has 0 N–H and O–H groups in total. The normalized spacial score (nSPS) is 22.1. The van der Waals surface area contributed by atoms with Crippen molar-refractivity contribution in [2.24, 2.45) is 0 Å². The van der Waals surface area contributed by atoms with Gasteiger partial charge in [-0.2, -0.15) is 0 Å². The monoisotopic (exact) mass is 301 g/mol. The van der Waals surface area contributed by atoms with Crippen molar-refractivity contribution in [2.75, 3.05) is 0 Å². The number of halogens is 1. The molecule has 3 rings (SSSR count). The zero-order chi connectivity index (χ0) is 15.1. The summed E-state index contributed by atoms with van der Waals surface area (Å²) in [4.78, 5) is 12.2. The van der Waals surface area contributed by atoms with Crippen LogP contribution >= 0.6 is 11.6 Å². The summed E-state index contributed by atoms with van der Waals surface area (Å²) >= 11 is 5.96. The van der Waals surface area contributed by atoms with E-state index in [9.17, 15) is 4.79 Å². The molecule has 0 radical (unpaired) electrons. The van der Waals surface area contributed by atoms with E-state index in [1.165, 1.54) is 5.56 Å². The number of benzene rings is 1. The predicted octanol–water partition coefficient (Wildman–Crippen LogP) is 4.64. The van der Waals surface area contributed by atoms with Gasteiger partial charge in [-0.3, -0.25) is 4.79 Å². The summed E-state index contributed by atoms with van der Waals surface area (Å²) in [5.74, 6) is 0.584. The van der Waals surface area contributed by atoms with E-state index in [4.69, 9.17) is 11.6 Å². The Morgan fingerprint density at radius 3 is 2.57 bits per heavy atom. The van der Waals surface area contributed by atoms with Crippen LogP contribution in [0.25, 0.3) is 0 Å². The Labute approximate surface area is 130 Å². The second-order valence-corrected chi connectivity index (χ2v) is 6.61. The molecule has 1 aromatic heterocycles. The molecule has 2 nitrogen and oxygen atoms in total. The number of carbonyl (C=O) groups is 1. The van der Waals surface area contributed by atoms with Gasteiger partial charge in [0.25, 0.3) is 0 Å². The second kappa shape index (κ2) is 5.34. The van der Waals surface area contributed by atoms with Crippen molar-refractivity contribution in [1.82, 2.24) is 4.57 Å². The maximum absolute atomic E-state index is 12.2. The Morgan fingerprint density at radius 1 is 1.29 bits per heavy atom. The minimum Gasteiger partial charge on any atom is -0.345 e. The van der Waals surface area contributed by atoms with Crippen LogP contribution in [-0.2, 0) is 0 Å². The van der Waals surface area contributed by atoms with Gasteiger partial charge in [0.15, 0.2) is 5.78 Å². The first kappa shape index (κ1) is 14.4. The third-order valence-electron chi connectivity index (χ3n) is 4.43. The van der Waals surface area contributed by atoms with Gasteiger partial charge < -0.3 is 4.57 Å². The van der Waals surface area contributed by atoms with Crippen LogP contribution in [0.1, 0.15) is 52.6 Å². The number of alkyl halides is 1. The van der Waals surface area contributed by atoms with E-state index in [-0.39, 0.29) is 5.78 Å². The molecule has 3 atom stereocenters. The molecule has 21 heavy (non-hydrogen) atoms. The first-order chi connectivity index (χ1) is 10.0. The van der Waals surface area contributed by atoms with Crippen molar-refractivity contribution in [2.45, 2.75) is 44.5 Å². The number of nitrogens with zero attached hydrogens (tertiary/aromatic N) is 1. The summed E-state index contributed by atoms with van der Waals surface area (Å²) in [6.07, 6.45) is 1.14. The first-order valence-corrected chi connectivity index (χ1v) is 7.86. The van der Waals surface area contributed by atoms with Gasteiger partial charge in [-0.15, -0.1) is 11.6 Å². The van der Waals surface area contributed by atoms with Gasteiger partial charge >= 0.3 is 0 Å². The highest BCUT2D eigenvalue weighted by molar-refractivity contribution is 6.33. The first-order valence-electron chi connectivity index (χ1n) is 7.42. The largest absolute Gasteiger partial charge is 0.345 e. The van der Waals surface area contributed by atoms with Crippen LogP contribution in [0.2, 0.25) is 0 Å².